The van der Waals surface area contributed by atoms with E-state index < -0.39 is 0 Å². The van der Waals surface area contributed by atoms with Gasteiger partial charge in [-0.2, -0.15) is 0 Å². The van der Waals surface area contributed by atoms with Crippen molar-refractivity contribution in [1.82, 2.24) is 4.90 Å². The van der Waals surface area contributed by atoms with E-state index in [2.05, 4.69) is 12.2 Å². The number of thiocarbonyl (C=S) groups is 1. The topological polar surface area (TPSA) is 55.6 Å². The van der Waals surface area contributed by atoms with Crippen LogP contribution in [0.15, 0.2) is 0 Å². The van der Waals surface area contributed by atoms with Crippen LogP contribution in [0.5, 0.6) is 0 Å². The van der Waals surface area contributed by atoms with Gasteiger partial charge in [-0.1, -0.05) is 12.2 Å². The van der Waals surface area contributed by atoms with E-state index in [4.69, 9.17) is 10.5 Å². The van der Waals surface area contributed by atoms with Crippen LogP contribution < -0.4 is 5.73 Å². The van der Waals surface area contributed by atoms with E-state index in [1.807, 2.05) is 13.8 Å². The largest absolute Gasteiger partial charge is 0.393 e. The fraction of sp³-hybridized carbons (Fsp3) is 0.778. The maximum Gasteiger partial charge on any atom is 0.229 e. The highest BCUT2D eigenvalue weighted by atomic mass is 32.1. The average molecular weight is 218 g/mol. The molecule has 0 saturated carbocycles. The van der Waals surface area contributed by atoms with Gasteiger partial charge in [0.05, 0.1) is 18.0 Å². The van der Waals surface area contributed by atoms with Crippen LogP contribution in [0.1, 0.15) is 20.3 Å². The molecule has 0 radical (unpaired) electrons. The highest BCUT2D eigenvalue weighted by molar-refractivity contribution is 7.80. The molecule has 0 unspecified atom stereocenters. The molecule has 0 atom stereocenters. The van der Waals surface area contributed by atoms with E-state index in [9.17, 15) is 4.79 Å². The minimum atomic E-state index is -0.0281. The molecule has 14 heavy (non-hydrogen) atoms. The Balaban J connectivity index is 3.86. The Morgan fingerprint density at radius 2 is 2.14 bits per heavy atom. The normalized spacial score (nSPS) is 9.86. The second-order valence-electron chi connectivity index (χ2n) is 2.81. The Bertz CT molecular complexity index is 197. The van der Waals surface area contributed by atoms with E-state index in [1.54, 1.807) is 4.90 Å². The van der Waals surface area contributed by atoms with Crippen LogP contribution in [0.25, 0.3) is 0 Å². The van der Waals surface area contributed by atoms with Crippen LogP contribution >= 0.6 is 12.2 Å². The van der Waals surface area contributed by atoms with Gasteiger partial charge >= 0.3 is 0 Å². The van der Waals surface area contributed by atoms with Crippen LogP contribution in [-0.4, -0.2) is 42.1 Å². The minimum absolute atomic E-state index is 0.0281. The molecule has 0 aliphatic carbocycles. The molecule has 0 saturated heterocycles. The molecule has 0 rings (SSSR count). The minimum Gasteiger partial charge on any atom is -0.393 e. The SMILES string of the molecule is CCOCCN(CC)C(=O)CC(N)=S. The number of carbonyl (C=O) groups is 1. The van der Waals surface area contributed by atoms with Gasteiger partial charge in [-0.05, 0) is 13.8 Å². The summed E-state index contributed by atoms with van der Waals surface area (Å²) in [4.78, 5) is 13.4. The zero-order valence-corrected chi connectivity index (χ0v) is 9.60. The first-order chi connectivity index (χ1) is 6.61. The van der Waals surface area contributed by atoms with Gasteiger partial charge in [0.15, 0.2) is 0 Å². The molecule has 1 amide bonds. The lowest BCUT2D eigenvalue weighted by molar-refractivity contribution is -0.130. The summed E-state index contributed by atoms with van der Waals surface area (Å²) in [5, 5.41) is 0. The van der Waals surface area contributed by atoms with Crippen LogP contribution in [0.3, 0.4) is 0 Å². The van der Waals surface area contributed by atoms with Crippen LogP contribution in [0.2, 0.25) is 0 Å². The Kier molecular flexibility index (Phi) is 7.32. The van der Waals surface area contributed by atoms with E-state index in [0.717, 1.165) is 0 Å². The van der Waals surface area contributed by atoms with E-state index in [0.29, 0.717) is 26.3 Å². The van der Waals surface area contributed by atoms with Gasteiger partial charge in [0, 0.05) is 19.7 Å². The molecule has 0 aromatic rings. The van der Waals surface area contributed by atoms with Gasteiger partial charge in [0.25, 0.3) is 0 Å². The van der Waals surface area contributed by atoms with Crippen molar-refractivity contribution < 1.29 is 9.53 Å². The summed E-state index contributed by atoms with van der Waals surface area (Å²) in [6.07, 6.45) is 0.148. The third-order valence-electron chi connectivity index (χ3n) is 1.77. The molecule has 0 aromatic carbocycles. The molecular weight excluding hydrogens is 200 g/mol. The van der Waals surface area contributed by atoms with Crippen molar-refractivity contribution >= 4 is 23.1 Å². The quantitative estimate of drug-likeness (QED) is 0.501. The summed E-state index contributed by atoms with van der Waals surface area (Å²) in [7, 11) is 0. The number of hydrogen-bond acceptors (Lipinski definition) is 3. The molecule has 5 heteroatoms. The molecule has 2 N–H and O–H groups in total. The average Bonchev–Trinajstić information content (AvgIpc) is 2.11. The smallest absolute Gasteiger partial charge is 0.229 e. The lowest BCUT2D eigenvalue weighted by Crippen LogP contribution is -2.35. The summed E-state index contributed by atoms with van der Waals surface area (Å²) >= 11 is 4.67. The standard InChI is InChI=1S/C9H18N2O2S/c1-3-11(5-6-13-4-2)9(12)7-8(10)14/h3-7H2,1-2H3,(H2,10,14). The molecule has 0 bridgehead atoms. The van der Waals surface area contributed by atoms with E-state index in [1.165, 1.54) is 0 Å². The number of likely N-dealkylation sites (N-methyl/N-ethyl adjacent to an activating group) is 1. The van der Waals surface area contributed by atoms with Gasteiger partial charge in [0.1, 0.15) is 0 Å². The van der Waals surface area contributed by atoms with Crippen molar-refractivity contribution in [3.05, 3.63) is 0 Å². The number of nitrogens with two attached hydrogens (primary N) is 1. The molecule has 0 aliphatic heterocycles. The van der Waals surface area contributed by atoms with Gasteiger partial charge < -0.3 is 15.4 Å². The number of rotatable bonds is 7. The Labute approximate surface area is 90.4 Å². The molecule has 0 spiro atoms. The fourth-order valence-corrected chi connectivity index (χ4v) is 1.16. The zero-order valence-electron chi connectivity index (χ0n) is 8.78. The van der Waals surface area contributed by atoms with Crippen LogP contribution in [0.4, 0.5) is 0 Å². The zero-order chi connectivity index (χ0) is 11.0. The Hall–Kier alpha value is -0.680. The van der Waals surface area contributed by atoms with Crippen molar-refractivity contribution in [3.63, 3.8) is 0 Å². The highest BCUT2D eigenvalue weighted by Crippen LogP contribution is 1.94. The fourth-order valence-electron chi connectivity index (χ4n) is 1.04. The second-order valence-corrected chi connectivity index (χ2v) is 3.34. The number of hydrogen-bond donors (Lipinski definition) is 1. The molecule has 0 aliphatic rings. The van der Waals surface area contributed by atoms with Gasteiger partial charge in [-0.15, -0.1) is 0 Å². The summed E-state index contributed by atoms with van der Waals surface area (Å²) < 4.78 is 5.16. The maximum absolute atomic E-state index is 11.5. The summed E-state index contributed by atoms with van der Waals surface area (Å²) in [5.41, 5.74) is 5.29. The van der Waals surface area contributed by atoms with Crippen molar-refractivity contribution in [1.29, 1.82) is 0 Å². The molecule has 82 valence electrons. The molecule has 0 aromatic heterocycles. The first-order valence-corrected chi connectivity index (χ1v) is 5.16. The van der Waals surface area contributed by atoms with Crippen molar-refractivity contribution in [3.8, 4) is 0 Å². The van der Waals surface area contributed by atoms with Crippen LogP contribution in [-0.2, 0) is 9.53 Å². The van der Waals surface area contributed by atoms with Gasteiger partial charge in [-0.3, -0.25) is 4.79 Å². The predicted molar refractivity (Wildman–Crippen MR) is 60.1 cm³/mol. The lowest BCUT2D eigenvalue weighted by Gasteiger charge is -2.20. The van der Waals surface area contributed by atoms with Crippen molar-refractivity contribution in [2.75, 3.05) is 26.3 Å². The molecular formula is C9H18N2O2S. The lowest BCUT2D eigenvalue weighted by atomic mass is 10.3. The van der Waals surface area contributed by atoms with Gasteiger partial charge in [-0.25, -0.2) is 0 Å². The van der Waals surface area contributed by atoms with E-state index in [-0.39, 0.29) is 17.3 Å². The number of ether oxygens (including phenoxy) is 1. The number of amides is 1. The Morgan fingerprint density at radius 1 is 1.50 bits per heavy atom. The van der Waals surface area contributed by atoms with Crippen molar-refractivity contribution in [2.45, 2.75) is 20.3 Å². The number of carbonyl (C=O) groups excluding carboxylic acids is 1. The van der Waals surface area contributed by atoms with Crippen LogP contribution in [0, 0.1) is 0 Å². The third-order valence-corrected chi connectivity index (χ3v) is 1.91. The van der Waals surface area contributed by atoms with Crippen molar-refractivity contribution in [2.24, 2.45) is 5.73 Å². The summed E-state index contributed by atoms with van der Waals surface area (Å²) in [6, 6.07) is 0. The highest BCUT2D eigenvalue weighted by Gasteiger charge is 2.11. The molecule has 0 heterocycles. The Morgan fingerprint density at radius 3 is 2.57 bits per heavy atom. The monoisotopic (exact) mass is 218 g/mol. The van der Waals surface area contributed by atoms with E-state index >= 15 is 0 Å². The summed E-state index contributed by atoms with van der Waals surface area (Å²) in [6.45, 7) is 6.34. The predicted octanol–water partition coefficient (Wildman–Crippen LogP) is 0.548. The first kappa shape index (κ1) is 13.3. The first-order valence-electron chi connectivity index (χ1n) is 4.75. The second kappa shape index (κ2) is 7.70. The van der Waals surface area contributed by atoms with Gasteiger partial charge in [0.2, 0.25) is 5.91 Å². The number of nitrogens with zero attached hydrogens (tertiary/aromatic N) is 1. The maximum atomic E-state index is 11.5. The molecule has 4 nitrogen and oxygen atoms in total. The molecule has 0 fully saturated rings. The third kappa shape index (κ3) is 5.88. The summed E-state index contributed by atoms with van der Waals surface area (Å²) in [5.74, 6) is -0.0281.